The molecule has 0 unspecified atom stereocenters. The van der Waals surface area contributed by atoms with E-state index in [-0.39, 0.29) is 17.6 Å². The second-order valence-corrected chi connectivity index (χ2v) is 6.34. The molecule has 132 valence electrons. The molecular weight excluding hydrogens is 336 g/mol. The number of carbonyl (C=O) groups is 2. The summed E-state index contributed by atoms with van der Waals surface area (Å²) in [5.74, 6) is 0.0677. The number of methoxy groups -OCH3 is 1. The Morgan fingerprint density at radius 1 is 1.08 bits per heavy atom. The SMILES string of the molecule is COCCNC(=O)CSc1ccccc1C(=O)N(C)c1ccccc1. The summed E-state index contributed by atoms with van der Waals surface area (Å²) in [4.78, 5) is 27.1. The predicted octanol–water partition coefficient (Wildman–Crippen LogP) is 2.82. The van der Waals surface area contributed by atoms with Crippen LogP contribution in [-0.2, 0) is 9.53 Å². The molecule has 5 nitrogen and oxygen atoms in total. The number of anilines is 1. The van der Waals surface area contributed by atoms with Crippen molar-refractivity contribution in [3.05, 3.63) is 60.2 Å². The van der Waals surface area contributed by atoms with Crippen molar-refractivity contribution in [1.29, 1.82) is 0 Å². The summed E-state index contributed by atoms with van der Waals surface area (Å²) < 4.78 is 4.90. The highest BCUT2D eigenvalue weighted by Crippen LogP contribution is 2.25. The first kappa shape index (κ1) is 19.0. The molecule has 2 rings (SSSR count). The van der Waals surface area contributed by atoms with Crippen molar-refractivity contribution in [3.63, 3.8) is 0 Å². The molecule has 0 aliphatic rings. The summed E-state index contributed by atoms with van der Waals surface area (Å²) in [5, 5.41) is 2.77. The van der Waals surface area contributed by atoms with Crippen molar-refractivity contribution in [1.82, 2.24) is 5.32 Å². The van der Waals surface area contributed by atoms with Gasteiger partial charge in [0.1, 0.15) is 0 Å². The first-order valence-corrected chi connectivity index (χ1v) is 8.92. The number of nitrogens with zero attached hydrogens (tertiary/aromatic N) is 1. The summed E-state index contributed by atoms with van der Waals surface area (Å²) >= 11 is 1.35. The number of benzene rings is 2. The van der Waals surface area contributed by atoms with Crippen molar-refractivity contribution in [3.8, 4) is 0 Å². The molecule has 0 fully saturated rings. The van der Waals surface area contributed by atoms with Crippen LogP contribution in [0.1, 0.15) is 10.4 Å². The highest BCUT2D eigenvalue weighted by atomic mass is 32.2. The van der Waals surface area contributed by atoms with Crippen molar-refractivity contribution in [2.45, 2.75) is 4.90 Å². The maximum absolute atomic E-state index is 12.8. The Balaban J connectivity index is 2.04. The third-order valence-electron chi connectivity index (χ3n) is 3.55. The standard InChI is InChI=1S/C19H22N2O3S/c1-21(15-8-4-3-5-9-15)19(23)16-10-6-7-11-17(16)25-14-18(22)20-12-13-24-2/h3-11H,12-14H2,1-2H3,(H,20,22). The van der Waals surface area contributed by atoms with E-state index < -0.39 is 0 Å². The van der Waals surface area contributed by atoms with Gasteiger partial charge in [0.15, 0.2) is 0 Å². The highest BCUT2D eigenvalue weighted by Gasteiger charge is 2.17. The Labute approximate surface area is 152 Å². The minimum atomic E-state index is -0.103. The highest BCUT2D eigenvalue weighted by molar-refractivity contribution is 8.00. The van der Waals surface area contributed by atoms with E-state index in [4.69, 9.17) is 4.74 Å². The lowest BCUT2D eigenvalue weighted by Crippen LogP contribution is -2.29. The van der Waals surface area contributed by atoms with E-state index in [0.29, 0.717) is 18.7 Å². The molecule has 0 spiro atoms. The predicted molar refractivity (Wildman–Crippen MR) is 101 cm³/mol. The summed E-state index contributed by atoms with van der Waals surface area (Å²) in [6.45, 7) is 0.959. The van der Waals surface area contributed by atoms with Gasteiger partial charge < -0.3 is 15.0 Å². The van der Waals surface area contributed by atoms with Gasteiger partial charge in [-0.2, -0.15) is 0 Å². The maximum atomic E-state index is 12.8. The molecule has 0 atom stereocenters. The van der Waals surface area contributed by atoms with Gasteiger partial charge in [0.2, 0.25) is 5.91 Å². The fourth-order valence-corrected chi connectivity index (χ4v) is 3.08. The Morgan fingerprint density at radius 2 is 1.76 bits per heavy atom. The maximum Gasteiger partial charge on any atom is 0.259 e. The molecule has 6 heteroatoms. The van der Waals surface area contributed by atoms with E-state index in [1.54, 1.807) is 25.1 Å². The topological polar surface area (TPSA) is 58.6 Å². The fraction of sp³-hybridized carbons (Fsp3) is 0.263. The number of para-hydroxylation sites is 1. The van der Waals surface area contributed by atoms with Gasteiger partial charge in [0.05, 0.1) is 17.9 Å². The zero-order chi connectivity index (χ0) is 18.1. The zero-order valence-corrected chi connectivity index (χ0v) is 15.2. The average molecular weight is 358 g/mol. The fourth-order valence-electron chi connectivity index (χ4n) is 2.21. The van der Waals surface area contributed by atoms with E-state index in [1.165, 1.54) is 11.8 Å². The molecule has 2 aromatic rings. The van der Waals surface area contributed by atoms with E-state index in [9.17, 15) is 9.59 Å². The second-order valence-electron chi connectivity index (χ2n) is 5.33. The molecule has 0 aliphatic heterocycles. The molecular formula is C19H22N2O3S. The van der Waals surface area contributed by atoms with Gasteiger partial charge in [0.25, 0.3) is 5.91 Å². The molecule has 0 heterocycles. The number of thioether (sulfide) groups is 1. The monoisotopic (exact) mass is 358 g/mol. The van der Waals surface area contributed by atoms with Gasteiger partial charge in [-0.3, -0.25) is 9.59 Å². The first-order valence-electron chi connectivity index (χ1n) is 7.94. The molecule has 2 amide bonds. The number of carbonyl (C=O) groups excluding carboxylic acids is 2. The number of ether oxygens (including phenoxy) is 1. The van der Waals surface area contributed by atoms with Crippen molar-refractivity contribution >= 4 is 29.3 Å². The Kier molecular flexibility index (Phi) is 7.50. The normalized spacial score (nSPS) is 10.3. The number of hydrogen-bond acceptors (Lipinski definition) is 4. The minimum absolute atomic E-state index is 0.0827. The lowest BCUT2D eigenvalue weighted by Gasteiger charge is -2.19. The third-order valence-corrected chi connectivity index (χ3v) is 4.63. The summed E-state index contributed by atoms with van der Waals surface area (Å²) in [7, 11) is 3.34. The number of rotatable bonds is 8. The molecule has 0 aliphatic carbocycles. The van der Waals surface area contributed by atoms with Crippen LogP contribution in [0.5, 0.6) is 0 Å². The largest absolute Gasteiger partial charge is 0.383 e. The molecule has 0 saturated carbocycles. The van der Waals surface area contributed by atoms with Gasteiger partial charge >= 0.3 is 0 Å². The van der Waals surface area contributed by atoms with E-state index >= 15 is 0 Å². The number of amides is 2. The Morgan fingerprint density at radius 3 is 2.48 bits per heavy atom. The van der Waals surface area contributed by atoms with Crippen molar-refractivity contribution in [2.24, 2.45) is 0 Å². The van der Waals surface area contributed by atoms with Crippen LogP contribution >= 0.6 is 11.8 Å². The second kappa shape index (κ2) is 9.86. The van der Waals surface area contributed by atoms with Crippen LogP contribution in [-0.4, -0.2) is 44.9 Å². The average Bonchev–Trinajstić information content (AvgIpc) is 2.66. The number of hydrogen-bond donors (Lipinski definition) is 1. The van der Waals surface area contributed by atoms with Crippen LogP contribution < -0.4 is 10.2 Å². The first-order chi connectivity index (χ1) is 12.1. The van der Waals surface area contributed by atoms with Crippen LogP contribution in [0.15, 0.2) is 59.5 Å². The smallest absolute Gasteiger partial charge is 0.259 e. The van der Waals surface area contributed by atoms with Gasteiger partial charge in [-0.15, -0.1) is 11.8 Å². The van der Waals surface area contributed by atoms with Crippen molar-refractivity contribution in [2.75, 3.05) is 38.0 Å². The zero-order valence-electron chi connectivity index (χ0n) is 14.4. The van der Waals surface area contributed by atoms with E-state index in [0.717, 1.165) is 10.6 Å². The van der Waals surface area contributed by atoms with E-state index in [2.05, 4.69) is 5.32 Å². The van der Waals surface area contributed by atoms with Gasteiger partial charge in [-0.25, -0.2) is 0 Å². The molecule has 0 radical (unpaired) electrons. The Bertz CT molecular complexity index is 707. The quantitative estimate of drug-likeness (QED) is 0.582. The molecule has 2 aromatic carbocycles. The van der Waals surface area contributed by atoms with Crippen LogP contribution in [0.25, 0.3) is 0 Å². The summed E-state index contributed by atoms with van der Waals surface area (Å²) in [6, 6.07) is 16.8. The molecule has 1 N–H and O–H groups in total. The molecule has 25 heavy (non-hydrogen) atoms. The van der Waals surface area contributed by atoms with Crippen LogP contribution in [0.3, 0.4) is 0 Å². The lowest BCUT2D eigenvalue weighted by molar-refractivity contribution is -0.118. The molecule has 0 saturated heterocycles. The third kappa shape index (κ3) is 5.62. The van der Waals surface area contributed by atoms with Crippen LogP contribution in [0.2, 0.25) is 0 Å². The molecule has 0 aromatic heterocycles. The summed E-state index contributed by atoms with van der Waals surface area (Å²) in [6.07, 6.45) is 0. The molecule has 0 bridgehead atoms. The van der Waals surface area contributed by atoms with Crippen LogP contribution in [0, 0.1) is 0 Å². The number of nitrogens with one attached hydrogen (secondary N) is 1. The Hall–Kier alpha value is -2.31. The van der Waals surface area contributed by atoms with E-state index in [1.807, 2.05) is 48.5 Å². The van der Waals surface area contributed by atoms with Gasteiger partial charge in [-0.1, -0.05) is 30.3 Å². The minimum Gasteiger partial charge on any atom is -0.383 e. The summed E-state index contributed by atoms with van der Waals surface area (Å²) in [5.41, 5.74) is 1.41. The van der Waals surface area contributed by atoms with Crippen LogP contribution in [0.4, 0.5) is 5.69 Å². The van der Waals surface area contributed by atoms with Crippen molar-refractivity contribution < 1.29 is 14.3 Å². The van der Waals surface area contributed by atoms with Gasteiger partial charge in [-0.05, 0) is 24.3 Å². The van der Waals surface area contributed by atoms with Gasteiger partial charge in [0, 0.05) is 31.3 Å². The lowest BCUT2D eigenvalue weighted by atomic mass is 10.2.